The van der Waals surface area contributed by atoms with E-state index < -0.39 is 0 Å². The number of nitrogens with one attached hydrogen (secondary N) is 2. The van der Waals surface area contributed by atoms with Crippen LogP contribution in [-0.2, 0) is 0 Å². The predicted octanol–water partition coefficient (Wildman–Crippen LogP) is 2.38. The van der Waals surface area contributed by atoms with E-state index in [1.165, 1.54) is 0 Å². The normalized spacial score (nSPS) is 11.8. The van der Waals surface area contributed by atoms with Gasteiger partial charge < -0.3 is 14.8 Å². The Bertz CT molecular complexity index is 551. The van der Waals surface area contributed by atoms with Crippen molar-refractivity contribution < 1.29 is 9.28 Å². The summed E-state index contributed by atoms with van der Waals surface area (Å²) in [6.45, 7) is 8.19. The molecule has 0 bridgehead atoms. The number of carbonyl (C=O) groups excluding carboxylic acids is 1. The molecule has 0 atom stereocenters. The molecule has 0 saturated heterocycles. The van der Waals surface area contributed by atoms with Gasteiger partial charge in [0.15, 0.2) is 0 Å². The molecule has 1 amide bonds. The summed E-state index contributed by atoms with van der Waals surface area (Å²) in [6.07, 6.45) is 0. The van der Waals surface area contributed by atoms with Crippen molar-refractivity contribution in [1.29, 1.82) is 0 Å². The lowest BCUT2D eigenvalue weighted by Gasteiger charge is -2.32. The van der Waals surface area contributed by atoms with Gasteiger partial charge in [-0.15, -0.1) is 0 Å². The SMILES string of the molecule is CC[N+](C)(CC)CCNC(=O)c1cc2ccccc2[nH]1. The molecule has 1 heterocycles. The molecule has 20 heavy (non-hydrogen) atoms. The van der Waals surface area contributed by atoms with E-state index in [0.29, 0.717) is 12.2 Å². The lowest BCUT2D eigenvalue weighted by atomic mass is 10.2. The Morgan fingerprint density at radius 3 is 2.60 bits per heavy atom. The molecular formula is C16H24N3O+. The second kappa shape index (κ2) is 6.09. The molecule has 2 aromatic rings. The van der Waals surface area contributed by atoms with Crippen LogP contribution >= 0.6 is 0 Å². The largest absolute Gasteiger partial charge is 0.351 e. The number of hydrogen-bond donors (Lipinski definition) is 2. The van der Waals surface area contributed by atoms with Crippen LogP contribution in [-0.4, -0.2) is 48.6 Å². The predicted molar refractivity (Wildman–Crippen MR) is 82.8 cm³/mol. The van der Waals surface area contributed by atoms with Gasteiger partial charge in [-0.2, -0.15) is 0 Å². The zero-order valence-electron chi connectivity index (χ0n) is 12.6. The van der Waals surface area contributed by atoms with Gasteiger partial charge in [0.1, 0.15) is 5.69 Å². The third-order valence-electron chi connectivity index (χ3n) is 4.24. The van der Waals surface area contributed by atoms with E-state index in [1.807, 2.05) is 30.3 Å². The third kappa shape index (κ3) is 3.20. The van der Waals surface area contributed by atoms with Crippen LogP contribution in [0.2, 0.25) is 0 Å². The number of likely N-dealkylation sites (N-methyl/N-ethyl adjacent to an activating group) is 1. The van der Waals surface area contributed by atoms with Crippen LogP contribution < -0.4 is 5.32 Å². The molecule has 0 radical (unpaired) electrons. The molecule has 0 unspecified atom stereocenters. The summed E-state index contributed by atoms with van der Waals surface area (Å²) in [6, 6.07) is 9.83. The summed E-state index contributed by atoms with van der Waals surface area (Å²) in [4.78, 5) is 15.3. The van der Waals surface area contributed by atoms with Gasteiger partial charge in [-0.3, -0.25) is 4.79 Å². The Balaban J connectivity index is 1.95. The van der Waals surface area contributed by atoms with Crippen molar-refractivity contribution in [2.24, 2.45) is 0 Å². The fourth-order valence-electron chi connectivity index (χ4n) is 2.27. The first-order valence-electron chi connectivity index (χ1n) is 7.27. The van der Waals surface area contributed by atoms with E-state index in [0.717, 1.165) is 35.0 Å². The highest BCUT2D eigenvalue weighted by Crippen LogP contribution is 2.14. The minimum atomic E-state index is -0.0278. The molecule has 108 valence electrons. The summed E-state index contributed by atoms with van der Waals surface area (Å²) in [5.74, 6) is -0.0278. The third-order valence-corrected chi connectivity index (χ3v) is 4.24. The molecule has 4 heteroatoms. The van der Waals surface area contributed by atoms with Crippen molar-refractivity contribution in [3.63, 3.8) is 0 Å². The Morgan fingerprint density at radius 1 is 1.25 bits per heavy atom. The highest BCUT2D eigenvalue weighted by atomic mass is 16.1. The van der Waals surface area contributed by atoms with Gasteiger partial charge in [-0.05, 0) is 26.0 Å². The van der Waals surface area contributed by atoms with Gasteiger partial charge in [0.25, 0.3) is 5.91 Å². The Kier molecular flexibility index (Phi) is 4.45. The number of fused-ring (bicyclic) bond motifs is 1. The van der Waals surface area contributed by atoms with Crippen LogP contribution in [0.25, 0.3) is 10.9 Å². The molecule has 0 aliphatic carbocycles. The minimum Gasteiger partial charge on any atom is -0.351 e. The first kappa shape index (κ1) is 14.6. The van der Waals surface area contributed by atoms with Gasteiger partial charge in [0.05, 0.1) is 33.2 Å². The number of H-pyrrole nitrogens is 1. The van der Waals surface area contributed by atoms with Crippen molar-refractivity contribution in [3.05, 3.63) is 36.0 Å². The fraction of sp³-hybridized carbons (Fsp3) is 0.438. The number of para-hydroxylation sites is 1. The highest BCUT2D eigenvalue weighted by molar-refractivity contribution is 5.97. The Hall–Kier alpha value is -1.81. The molecule has 2 N–H and O–H groups in total. The van der Waals surface area contributed by atoms with E-state index in [4.69, 9.17) is 0 Å². The summed E-state index contributed by atoms with van der Waals surface area (Å²) in [5.41, 5.74) is 1.63. The second-order valence-corrected chi connectivity index (χ2v) is 5.50. The standard InChI is InChI=1S/C16H23N3O/c1-4-19(3,5-2)11-10-17-16(20)15-12-13-8-6-7-9-14(13)18-15/h6-9,12H,4-5,10-11H2,1-3H3,(H-,17,18,20)/p+1. The lowest BCUT2D eigenvalue weighted by molar-refractivity contribution is -0.904. The van der Waals surface area contributed by atoms with E-state index in [9.17, 15) is 4.79 Å². The van der Waals surface area contributed by atoms with Crippen LogP contribution in [0.4, 0.5) is 0 Å². The summed E-state index contributed by atoms with van der Waals surface area (Å²) in [5, 5.41) is 4.07. The summed E-state index contributed by atoms with van der Waals surface area (Å²) < 4.78 is 0.979. The minimum absolute atomic E-state index is 0.0278. The van der Waals surface area contributed by atoms with Crippen LogP contribution in [0.5, 0.6) is 0 Å². The first-order chi connectivity index (χ1) is 9.58. The molecule has 1 aromatic carbocycles. The van der Waals surface area contributed by atoms with Crippen LogP contribution in [0, 0.1) is 0 Å². The van der Waals surface area contributed by atoms with Crippen molar-refractivity contribution in [2.45, 2.75) is 13.8 Å². The van der Waals surface area contributed by atoms with Gasteiger partial charge in [-0.25, -0.2) is 0 Å². The van der Waals surface area contributed by atoms with E-state index in [-0.39, 0.29) is 5.91 Å². The van der Waals surface area contributed by atoms with Crippen molar-refractivity contribution in [3.8, 4) is 0 Å². The molecular weight excluding hydrogens is 250 g/mol. The van der Waals surface area contributed by atoms with Crippen LogP contribution in [0.3, 0.4) is 0 Å². The van der Waals surface area contributed by atoms with Gasteiger partial charge in [-0.1, -0.05) is 18.2 Å². The van der Waals surface area contributed by atoms with Gasteiger partial charge in [0.2, 0.25) is 0 Å². The number of aromatic amines is 1. The van der Waals surface area contributed by atoms with Crippen molar-refractivity contribution in [2.75, 3.05) is 33.2 Å². The van der Waals surface area contributed by atoms with Gasteiger partial charge >= 0.3 is 0 Å². The average Bonchev–Trinajstić information content (AvgIpc) is 2.91. The molecule has 0 aliphatic heterocycles. The zero-order chi connectivity index (χ0) is 14.6. The molecule has 1 aromatic heterocycles. The number of carbonyl (C=O) groups is 1. The van der Waals surface area contributed by atoms with Crippen molar-refractivity contribution in [1.82, 2.24) is 10.3 Å². The summed E-state index contributed by atoms with van der Waals surface area (Å²) in [7, 11) is 2.22. The molecule has 0 aliphatic rings. The Morgan fingerprint density at radius 2 is 1.95 bits per heavy atom. The van der Waals surface area contributed by atoms with E-state index in [1.54, 1.807) is 0 Å². The average molecular weight is 274 g/mol. The zero-order valence-corrected chi connectivity index (χ0v) is 12.6. The van der Waals surface area contributed by atoms with Crippen molar-refractivity contribution >= 4 is 16.8 Å². The number of quaternary nitrogens is 1. The number of hydrogen-bond acceptors (Lipinski definition) is 1. The fourth-order valence-corrected chi connectivity index (χ4v) is 2.27. The quantitative estimate of drug-likeness (QED) is 0.781. The van der Waals surface area contributed by atoms with Gasteiger partial charge in [0, 0.05) is 10.9 Å². The number of amides is 1. The first-order valence-corrected chi connectivity index (χ1v) is 7.27. The topological polar surface area (TPSA) is 44.9 Å². The molecule has 2 rings (SSSR count). The molecule has 0 spiro atoms. The number of aromatic nitrogens is 1. The highest BCUT2D eigenvalue weighted by Gasteiger charge is 2.16. The van der Waals surface area contributed by atoms with Crippen LogP contribution in [0.1, 0.15) is 24.3 Å². The maximum atomic E-state index is 12.1. The van der Waals surface area contributed by atoms with Crippen LogP contribution in [0.15, 0.2) is 30.3 Å². The lowest BCUT2D eigenvalue weighted by Crippen LogP contribution is -2.48. The molecule has 4 nitrogen and oxygen atoms in total. The monoisotopic (exact) mass is 274 g/mol. The maximum Gasteiger partial charge on any atom is 0.267 e. The van der Waals surface area contributed by atoms with E-state index >= 15 is 0 Å². The molecule has 0 saturated carbocycles. The second-order valence-electron chi connectivity index (χ2n) is 5.50. The Labute approximate surface area is 120 Å². The smallest absolute Gasteiger partial charge is 0.267 e. The number of rotatable bonds is 6. The van der Waals surface area contributed by atoms with E-state index in [2.05, 4.69) is 31.2 Å². The number of benzene rings is 1. The summed E-state index contributed by atoms with van der Waals surface area (Å²) >= 11 is 0. The number of nitrogens with zero attached hydrogens (tertiary/aromatic N) is 1. The molecule has 0 fully saturated rings. The maximum absolute atomic E-state index is 12.1.